The van der Waals surface area contributed by atoms with Gasteiger partial charge < -0.3 is 19.5 Å². The smallest absolute Gasteiger partial charge is 0.170 e. The molecule has 1 saturated carbocycles. The number of methoxy groups -OCH3 is 1. The van der Waals surface area contributed by atoms with E-state index < -0.39 is 0 Å². The molecule has 1 aliphatic heterocycles. The van der Waals surface area contributed by atoms with Gasteiger partial charge >= 0.3 is 0 Å². The van der Waals surface area contributed by atoms with Crippen molar-refractivity contribution in [3.05, 3.63) is 53.1 Å². The van der Waals surface area contributed by atoms with Gasteiger partial charge in [-0.2, -0.15) is 0 Å². The highest BCUT2D eigenvalue weighted by Crippen LogP contribution is 2.42. The molecular formula is C24H34N4OS. The van der Waals surface area contributed by atoms with Crippen molar-refractivity contribution in [1.29, 1.82) is 0 Å². The van der Waals surface area contributed by atoms with E-state index in [0.29, 0.717) is 6.04 Å². The van der Waals surface area contributed by atoms with Gasteiger partial charge in [0.2, 0.25) is 0 Å². The molecule has 162 valence electrons. The van der Waals surface area contributed by atoms with E-state index in [1.807, 2.05) is 12.3 Å². The van der Waals surface area contributed by atoms with Crippen molar-refractivity contribution < 1.29 is 4.74 Å². The van der Waals surface area contributed by atoms with Crippen LogP contribution in [0, 0.1) is 13.8 Å². The Labute approximate surface area is 185 Å². The standard InChI is InChI=1S/C24H34N4OS/c1-17-16-20(18(2)28(17)19-10-5-4-6-11-19)23-22(21-12-7-8-13-25-21)26-24(30)27(23)14-9-15-29-3/h7-8,12-13,16,19,22-23H,4-6,9-11,14-15H2,1-3H3,(H,26,30)/t22-,23-/m0/s1. The highest BCUT2D eigenvalue weighted by atomic mass is 32.1. The topological polar surface area (TPSA) is 42.3 Å². The lowest BCUT2D eigenvalue weighted by Gasteiger charge is -2.29. The fraction of sp³-hybridized carbons (Fsp3) is 0.583. The second-order valence-electron chi connectivity index (χ2n) is 8.65. The summed E-state index contributed by atoms with van der Waals surface area (Å²) in [6.07, 6.45) is 9.45. The Bertz CT molecular complexity index is 860. The third-order valence-corrected chi connectivity index (χ3v) is 7.08. The molecule has 2 aliphatic rings. The van der Waals surface area contributed by atoms with Gasteiger partial charge in [-0.3, -0.25) is 4.98 Å². The summed E-state index contributed by atoms with van der Waals surface area (Å²) in [6.45, 7) is 6.17. The van der Waals surface area contributed by atoms with E-state index in [0.717, 1.165) is 30.4 Å². The molecule has 1 N–H and O–H groups in total. The van der Waals surface area contributed by atoms with Crippen molar-refractivity contribution >= 4 is 17.3 Å². The average molecular weight is 427 g/mol. The first-order valence-corrected chi connectivity index (χ1v) is 11.7. The third-order valence-electron chi connectivity index (χ3n) is 6.73. The lowest BCUT2D eigenvalue weighted by molar-refractivity contribution is 0.180. The van der Waals surface area contributed by atoms with Crippen molar-refractivity contribution in [3.8, 4) is 0 Å². The number of rotatable bonds is 7. The van der Waals surface area contributed by atoms with Crippen LogP contribution >= 0.6 is 12.2 Å². The SMILES string of the molecule is COCCCN1C(=S)N[C@@H](c2ccccn2)[C@@H]1c1cc(C)n(C2CCCCC2)c1C. The van der Waals surface area contributed by atoms with E-state index in [4.69, 9.17) is 17.0 Å². The van der Waals surface area contributed by atoms with Crippen LogP contribution in [0.2, 0.25) is 0 Å². The fourth-order valence-corrected chi connectivity index (χ4v) is 5.70. The lowest BCUT2D eigenvalue weighted by atomic mass is 9.94. The molecule has 0 radical (unpaired) electrons. The normalized spacial score (nSPS) is 22.5. The van der Waals surface area contributed by atoms with Gasteiger partial charge in [-0.1, -0.05) is 25.3 Å². The minimum atomic E-state index is 0.0570. The van der Waals surface area contributed by atoms with Crippen LogP contribution in [-0.2, 0) is 4.74 Å². The van der Waals surface area contributed by atoms with E-state index in [-0.39, 0.29) is 12.1 Å². The summed E-state index contributed by atoms with van der Waals surface area (Å²) in [5.74, 6) is 0. The minimum absolute atomic E-state index is 0.0570. The summed E-state index contributed by atoms with van der Waals surface area (Å²) in [5, 5.41) is 4.39. The zero-order valence-corrected chi connectivity index (χ0v) is 19.3. The van der Waals surface area contributed by atoms with Crippen LogP contribution in [0.1, 0.15) is 79.3 Å². The number of nitrogens with zero attached hydrogens (tertiary/aromatic N) is 3. The Hall–Kier alpha value is -1.92. The molecule has 1 saturated heterocycles. The third kappa shape index (κ3) is 4.12. The number of hydrogen-bond acceptors (Lipinski definition) is 3. The molecule has 0 bridgehead atoms. The van der Waals surface area contributed by atoms with Gasteiger partial charge in [-0.25, -0.2) is 0 Å². The highest BCUT2D eigenvalue weighted by Gasteiger charge is 2.41. The molecule has 6 heteroatoms. The summed E-state index contributed by atoms with van der Waals surface area (Å²) in [5.41, 5.74) is 5.16. The molecule has 0 amide bonds. The molecule has 2 aromatic heterocycles. The van der Waals surface area contributed by atoms with Gasteiger partial charge in [0.25, 0.3) is 0 Å². The second kappa shape index (κ2) is 9.48. The summed E-state index contributed by atoms with van der Waals surface area (Å²) in [7, 11) is 1.76. The molecule has 3 heterocycles. The van der Waals surface area contributed by atoms with E-state index in [1.165, 1.54) is 49.1 Å². The number of pyridine rings is 1. The summed E-state index contributed by atoms with van der Waals surface area (Å²) in [6, 6.07) is 9.36. The van der Waals surface area contributed by atoms with Crippen molar-refractivity contribution in [1.82, 2.24) is 19.8 Å². The molecule has 30 heavy (non-hydrogen) atoms. The number of aromatic nitrogens is 2. The summed E-state index contributed by atoms with van der Waals surface area (Å²) in [4.78, 5) is 7.02. The van der Waals surface area contributed by atoms with Crippen molar-refractivity contribution in [3.63, 3.8) is 0 Å². The van der Waals surface area contributed by atoms with Gasteiger partial charge in [0.1, 0.15) is 0 Å². The summed E-state index contributed by atoms with van der Waals surface area (Å²) < 4.78 is 7.90. The van der Waals surface area contributed by atoms with Gasteiger partial charge in [0.15, 0.2) is 5.11 Å². The van der Waals surface area contributed by atoms with Crippen molar-refractivity contribution in [2.24, 2.45) is 0 Å². The van der Waals surface area contributed by atoms with Gasteiger partial charge in [0, 0.05) is 43.9 Å². The zero-order valence-electron chi connectivity index (χ0n) is 18.4. The van der Waals surface area contributed by atoms with Crippen LogP contribution in [0.4, 0.5) is 0 Å². The van der Waals surface area contributed by atoms with Crippen LogP contribution in [-0.4, -0.2) is 39.8 Å². The zero-order chi connectivity index (χ0) is 21.1. The monoisotopic (exact) mass is 426 g/mol. The number of thiocarbonyl (C=S) groups is 1. The first-order valence-electron chi connectivity index (χ1n) is 11.3. The van der Waals surface area contributed by atoms with Gasteiger partial charge in [-0.15, -0.1) is 0 Å². The predicted octanol–water partition coefficient (Wildman–Crippen LogP) is 5.01. The van der Waals surface area contributed by atoms with Crippen LogP contribution < -0.4 is 5.32 Å². The van der Waals surface area contributed by atoms with Gasteiger partial charge in [-0.05, 0) is 69.1 Å². The molecule has 2 fully saturated rings. The Morgan fingerprint density at radius 2 is 2.00 bits per heavy atom. The van der Waals surface area contributed by atoms with Crippen molar-refractivity contribution in [2.45, 2.75) is 70.5 Å². The Balaban J connectivity index is 1.72. The van der Waals surface area contributed by atoms with E-state index in [9.17, 15) is 0 Å². The first kappa shape index (κ1) is 21.3. The first-order chi connectivity index (χ1) is 14.6. The molecule has 5 nitrogen and oxygen atoms in total. The van der Waals surface area contributed by atoms with E-state index in [1.54, 1.807) is 7.11 Å². The molecule has 4 rings (SSSR count). The molecular weight excluding hydrogens is 392 g/mol. The minimum Gasteiger partial charge on any atom is -0.385 e. The maximum atomic E-state index is 5.79. The average Bonchev–Trinajstić information content (AvgIpc) is 3.25. The van der Waals surface area contributed by atoms with E-state index >= 15 is 0 Å². The highest BCUT2D eigenvalue weighted by molar-refractivity contribution is 7.80. The van der Waals surface area contributed by atoms with Crippen molar-refractivity contribution in [2.75, 3.05) is 20.3 Å². The predicted molar refractivity (Wildman–Crippen MR) is 125 cm³/mol. The summed E-state index contributed by atoms with van der Waals surface area (Å²) >= 11 is 5.79. The lowest BCUT2D eigenvalue weighted by Crippen LogP contribution is -2.31. The van der Waals surface area contributed by atoms with Crippen LogP contribution in [0.25, 0.3) is 0 Å². The number of ether oxygens (including phenoxy) is 1. The number of hydrogen-bond donors (Lipinski definition) is 1. The molecule has 2 aromatic rings. The quantitative estimate of drug-likeness (QED) is 0.498. The molecule has 0 spiro atoms. The maximum absolute atomic E-state index is 5.79. The number of nitrogens with one attached hydrogen (secondary N) is 1. The second-order valence-corrected chi connectivity index (χ2v) is 9.04. The molecule has 0 aromatic carbocycles. The Kier molecular flexibility index (Phi) is 6.74. The fourth-order valence-electron chi connectivity index (χ4n) is 5.37. The molecule has 2 atom stereocenters. The molecule has 1 aliphatic carbocycles. The van der Waals surface area contributed by atoms with Crippen LogP contribution in [0.5, 0.6) is 0 Å². The van der Waals surface area contributed by atoms with Crippen LogP contribution in [0.3, 0.4) is 0 Å². The Morgan fingerprint density at radius 3 is 2.70 bits per heavy atom. The van der Waals surface area contributed by atoms with Crippen LogP contribution in [0.15, 0.2) is 30.5 Å². The van der Waals surface area contributed by atoms with Gasteiger partial charge in [0.05, 0.1) is 17.8 Å². The largest absolute Gasteiger partial charge is 0.385 e. The maximum Gasteiger partial charge on any atom is 0.170 e. The Morgan fingerprint density at radius 1 is 1.20 bits per heavy atom. The molecule has 0 unspecified atom stereocenters. The number of aryl methyl sites for hydroxylation is 1. The van der Waals surface area contributed by atoms with E-state index in [2.05, 4.69) is 51.8 Å².